The van der Waals surface area contributed by atoms with Crippen LogP contribution in [0.15, 0.2) is 53.9 Å². The highest BCUT2D eigenvalue weighted by Crippen LogP contribution is 2.37. The maximum atomic E-state index is 12.8. The zero-order valence-electron chi connectivity index (χ0n) is 20.1. The van der Waals surface area contributed by atoms with Crippen LogP contribution in [-0.4, -0.2) is 25.1 Å². The van der Waals surface area contributed by atoms with Gasteiger partial charge in [-0.05, 0) is 56.0 Å². The molecular formula is C28H31NO4S. The number of esters is 1. The molecule has 6 heteroatoms. The number of thiophene rings is 1. The Morgan fingerprint density at radius 1 is 1.06 bits per heavy atom. The van der Waals surface area contributed by atoms with Gasteiger partial charge >= 0.3 is 5.97 Å². The number of nitrogens with one attached hydrogen (secondary N) is 1. The van der Waals surface area contributed by atoms with E-state index in [1.165, 1.54) is 23.0 Å². The van der Waals surface area contributed by atoms with Crippen LogP contribution in [0.4, 0.5) is 5.00 Å². The highest BCUT2D eigenvalue weighted by Gasteiger charge is 2.22. The third-order valence-electron chi connectivity index (χ3n) is 5.41. The summed E-state index contributed by atoms with van der Waals surface area (Å²) >= 11 is 1.31. The molecule has 0 saturated heterocycles. The number of carbonyl (C=O) groups is 2. The molecule has 3 aromatic rings. The summed E-state index contributed by atoms with van der Waals surface area (Å²) in [4.78, 5) is 25.6. The molecule has 0 spiro atoms. The van der Waals surface area contributed by atoms with E-state index in [-0.39, 0.29) is 12.5 Å². The Bertz CT molecular complexity index is 1180. The molecule has 0 unspecified atom stereocenters. The summed E-state index contributed by atoms with van der Waals surface area (Å²) in [7, 11) is 0. The van der Waals surface area contributed by atoms with Gasteiger partial charge in [-0.2, -0.15) is 0 Å². The van der Waals surface area contributed by atoms with E-state index in [2.05, 4.69) is 12.2 Å². The Kier molecular flexibility index (Phi) is 9.05. The number of para-hydroxylation sites is 1. The van der Waals surface area contributed by atoms with E-state index in [1.807, 2.05) is 61.7 Å². The van der Waals surface area contributed by atoms with Gasteiger partial charge in [0.15, 0.2) is 0 Å². The van der Waals surface area contributed by atoms with E-state index in [1.54, 1.807) is 13.0 Å². The molecule has 34 heavy (non-hydrogen) atoms. The van der Waals surface area contributed by atoms with Crippen molar-refractivity contribution in [1.82, 2.24) is 0 Å². The number of unbranched alkanes of at least 4 members (excludes halogenated alkanes) is 1. The van der Waals surface area contributed by atoms with Crippen LogP contribution in [0.5, 0.6) is 5.75 Å². The van der Waals surface area contributed by atoms with Crippen molar-refractivity contribution in [3.8, 4) is 16.9 Å². The molecule has 1 amide bonds. The summed E-state index contributed by atoms with van der Waals surface area (Å²) in [6, 6.07) is 13.6. The van der Waals surface area contributed by atoms with Crippen molar-refractivity contribution in [2.24, 2.45) is 0 Å². The normalized spacial score (nSPS) is 10.9. The van der Waals surface area contributed by atoms with Gasteiger partial charge in [-0.3, -0.25) is 4.79 Å². The molecule has 0 atom stereocenters. The fourth-order valence-electron chi connectivity index (χ4n) is 3.37. The van der Waals surface area contributed by atoms with Gasteiger partial charge in [0.05, 0.1) is 13.2 Å². The van der Waals surface area contributed by atoms with Gasteiger partial charge in [0.25, 0.3) is 0 Å². The van der Waals surface area contributed by atoms with E-state index >= 15 is 0 Å². The molecule has 1 heterocycles. The Morgan fingerprint density at radius 3 is 2.59 bits per heavy atom. The van der Waals surface area contributed by atoms with E-state index < -0.39 is 5.97 Å². The van der Waals surface area contributed by atoms with Crippen LogP contribution < -0.4 is 10.1 Å². The molecule has 0 radical (unpaired) electrons. The van der Waals surface area contributed by atoms with Crippen LogP contribution in [0.3, 0.4) is 0 Å². The van der Waals surface area contributed by atoms with Crippen LogP contribution in [0.25, 0.3) is 17.2 Å². The number of rotatable bonds is 10. The lowest BCUT2D eigenvalue weighted by Gasteiger charge is -2.10. The number of benzene rings is 2. The molecule has 5 nitrogen and oxygen atoms in total. The topological polar surface area (TPSA) is 64.6 Å². The van der Waals surface area contributed by atoms with Gasteiger partial charge in [0.2, 0.25) is 5.91 Å². The fourth-order valence-corrected chi connectivity index (χ4v) is 4.33. The zero-order valence-corrected chi connectivity index (χ0v) is 21.0. The Balaban J connectivity index is 1.84. The van der Waals surface area contributed by atoms with Gasteiger partial charge in [0.1, 0.15) is 16.3 Å². The zero-order chi connectivity index (χ0) is 24.5. The highest BCUT2D eigenvalue weighted by atomic mass is 32.1. The number of hydrogen-bond donors (Lipinski definition) is 1. The Morgan fingerprint density at radius 2 is 1.85 bits per heavy atom. The molecular weight excluding hydrogens is 446 g/mol. The lowest BCUT2D eigenvalue weighted by atomic mass is 9.99. The van der Waals surface area contributed by atoms with Crippen molar-refractivity contribution in [1.29, 1.82) is 0 Å². The maximum Gasteiger partial charge on any atom is 0.341 e. The van der Waals surface area contributed by atoms with Crippen LogP contribution in [-0.2, 0) is 9.53 Å². The SMILES string of the molecule is CCCCOc1ccccc1C=CC(=O)Nc1scc(-c2ccc(C)c(C)c2)c1C(=O)OCC. The summed E-state index contributed by atoms with van der Waals surface area (Å²) in [6.45, 7) is 8.84. The Hall–Kier alpha value is -3.38. The maximum absolute atomic E-state index is 12.8. The van der Waals surface area contributed by atoms with Crippen molar-refractivity contribution < 1.29 is 19.1 Å². The lowest BCUT2D eigenvalue weighted by molar-refractivity contribution is -0.111. The van der Waals surface area contributed by atoms with Gasteiger partial charge in [0, 0.05) is 22.6 Å². The molecule has 1 aromatic heterocycles. The van der Waals surface area contributed by atoms with Crippen molar-refractivity contribution in [3.63, 3.8) is 0 Å². The average Bonchev–Trinajstić information content (AvgIpc) is 3.24. The minimum atomic E-state index is -0.453. The summed E-state index contributed by atoms with van der Waals surface area (Å²) in [5.74, 6) is -0.0475. The first kappa shape index (κ1) is 25.2. The summed E-state index contributed by atoms with van der Waals surface area (Å²) < 4.78 is 11.1. The molecule has 178 valence electrons. The first-order valence-corrected chi connectivity index (χ1v) is 12.4. The van der Waals surface area contributed by atoms with Gasteiger partial charge in [-0.1, -0.05) is 49.7 Å². The van der Waals surface area contributed by atoms with Crippen molar-refractivity contribution in [2.75, 3.05) is 18.5 Å². The van der Waals surface area contributed by atoms with E-state index in [0.29, 0.717) is 17.2 Å². The third kappa shape index (κ3) is 6.35. The minimum absolute atomic E-state index is 0.253. The quantitative estimate of drug-likeness (QED) is 0.193. The molecule has 3 rings (SSSR count). The molecule has 0 aliphatic heterocycles. The molecule has 1 N–H and O–H groups in total. The van der Waals surface area contributed by atoms with E-state index in [0.717, 1.165) is 40.8 Å². The first-order chi connectivity index (χ1) is 16.4. The summed E-state index contributed by atoms with van der Waals surface area (Å²) in [5.41, 5.74) is 5.17. The second-order valence-electron chi connectivity index (χ2n) is 7.94. The number of carbonyl (C=O) groups excluding carboxylic acids is 2. The summed E-state index contributed by atoms with van der Waals surface area (Å²) in [6.07, 6.45) is 5.19. The van der Waals surface area contributed by atoms with Gasteiger partial charge in [-0.25, -0.2) is 4.79 Å². The summed E-state index contributed by atoms with van der Waals surface area (Å²) in [5, 5.41) is 5.21. The largest absolute Gasteiger partial charge is 0.493 e. The number of amides is 1. The molecule has 0 aliphatic rings. The Labute approximate surface area is 205 Å². The van der Waals surface area contributed by atoms with Crippen LogP contribution in [0.1, 0.15) is 53.7 Å². The molecule has 0 aliphatic carbocycles. The van der Waals surface area contributed by atoms with Crippen molar-refractivity contribution >= 4 is 34.3 Å². The van der Waals surface area contributed by atoms with Crippen molar-refractivity contribution in [2.45, 2.75) is 40.5 Å². The fraction of sp³-hybridized carbons (Fsp3) is 0.286. The highest BCUT2D eigenvalue weighted by molar-refractivity contribution is 7.15. The predicted molar refractivity (Wildman–Crippen MR) is 140 cm³/mol. The van der Waals surface area contributed by atoms with E-state index in [9.17, 15) is 9.59 Å². The van der Waals surface area contributed by atoms with Crippen molar-refractivity contribution in [3.05, 3.63) is 76.2 Å². The third-order valence-corrected chi connectivity index (χ3v) is 6.31. The van der Waals surface area contributed by atoms with Gasteiger partial charge in [-0.15, -0.1) is 11.3 Å². The van der Waals surface area contributed by atoms with Crippen LogP contribution >= 0.6 is 11.3 Å². The molecule has 0 fully saturated rings. The smallest absolute Gasteiger partial charge is 0.341 e. The second-order valence-corrected chi connectivity index (χ2v) is 8.82. The average molecular weight is 478 g/mol. The van der Waals surface area contributed by atoms with Gasteiger partial charge < -0.3 is 14.8 Å². The predicted octanol–water partition coefficient (Wildman–Crippen LogP) is 7.04. The molecule has 2 aromatic carbocycles. The number of ether oxygens (including phenoxy) is 2. The number of anilines is 1. The number of hydrogen-bond acceptors (Lipinski definition) is 5. The second kappa shape index (κ2) is 12.2. The standard InChI is InChI=1S/C28H31NO4S/c1-5-7-16-33-24-11-9-8-10-21(24)14-15-25(30)29-27-26(28(31)32-6-2)23(18-34-27)22-13-12-19(3)20(4)17-22/h8-15,17-18H,5-7,16H2,1-4H3,(H,29,30). The van der Waals surface area contributed by atoms with Crippen LogP contribution in [0, 0.1) is 13.8 Å². The molecule has 0 saturated carbocycles. The number of aryl methyl sites for hydroxylation is 2. The monoisotopic (exact) mass is 477 g/mol. The molecule has 0 bridgehead atoms. The lowest BCUT2D eigenvalue weighted by Crippen LogP contribution is -2.12. The van der Waals surface area contributed by atoms with E-state index in [4.69, 9.17) is 9.47 Å². The van der Waals surface area contributed by atoms with Crippen LogP contribution in [0.2, 0.25) is 0 Å². The minimum Gasteiger partial charge on any atom is -0.493 e. The first-order valence-electron chi connectivity index (χ1n) is 11.5.